The maximum atomic E-state index is 11.9. The van der Waals surface area contributed by atoms with E-state index >= 15 is 0 Å². The number of sulfonamides is 1. The molecule has 112 valence electrons. The lowest BCUT2D eigenvalue weighted by atomic mass is 10.3. The van der Waals surface area contributed by atoms with Gasteiger partial charge in [0.25, 0.3) is 0 Å². The largest absolute Gasteiger partial charge is 0.378 e. The molecule has 0 radical (unpaired) electrons. The first-order valence-electron chi connectivity index (χ1n) is 6.36. The Labute approximate surface area is 119 Å². The normalized spacial score (nSPS) is 11.8. The average molecular weight is 300 g/mol. The molecule has 0 aliphatic rings. The van der Waals surface area contributed by atoms with Crippen molar-refractivity contribution in [3.63, 3.8) is 0 Å². The molecule has 0 aliphatic carbocycles. The van der Waals surface area contributed by atoms with Crippen LogP contribution in [0.15, 0.2) is 6.20 Å². The zero-order valence-corrected chi connectivity index (χ0v) is 12.9. The number of anilines is 1. The Bertz CT molecular complexity index is 584. The Kier molecular flexibility index (Phi) is 5.53. The Morgan fingerprint density at radius 2 is 2.10 bits per heavy atom. The molecule has 7 nitrogen and oxygen atoms in total. The SMILES string of the molecule is CC(C)OCCS(=O)(=O)Nc1nn(C(C)C)cc1C#N. The molecule has 0 fully saturated rings. The fourth-order valence-corrected chi connectivity index (χ4v) is 2.27. The van der Waals surface area contributed by atoms with Crippen molar-refractivity contribution in [3.05, 3.63) is 11.8 Å². The molecule has 0 aromatic carbocycles. The van der Waals surface area contributed by atoms with Crippen LogP contribution in [0.3, 0.4) is 0 Å². The first kappa shape index (κ1) is 16.5. The van der Waals surface area contributed by atoms with Crippen LogP contribution >= 0.6 is 0 Å². The van der Waals surface area contributed by atoms with Gasteiger partial charge in [0, 0.05) is 12.2 Å². The fraction of sp³-hybridized carbons (Fsp3) is 0.667. The Morgan fingerprint density at radius 1 is 1.45 bits per heavy atom. The topological polar surface area (TPSA) is 97.0 Å². The summed E-state index contributed by atoms with van der Waals surface area (Å²) in [7, 11) is -3.58. The molecule has 0 saturated carbocycles. The smallest absolute Gasteiger partial charge is 0.236 e. The van der Waals surface area contributed by atoms with Gasteiger partial charge in [0.05, 0.1) is 18.5 Å². The van der Waals surface area contributed by atoms with Gasteiger partial charge in [0.15, 0.2) is 5.82 Å². The van der Waals surface area contributed by atoms with Gasteiger partial charge in [-0.2, -0.15) is 10.4 Å². The predicted octanol–water partition coefficient (Wildman–Crippen LogP) is 1.50. The number of nitrogens with one attached hydrogen (secondary N) is 1. The summed E-state index contributed by atoms with van der Waals surface area (Å²) in [6.45, 7) is 7.54. The van der Waals surface area contributed by atoms with Crippen molar-refractivity contribution in [2.24, 2.45) is 0 Å². The van der Waals surface area contributed by atoms with E-state index in [0.717, 1.165) is 0 Å². The molecule has 0 saturated heterocycles. The first-order chi connectivity index (χ1) is 9.25. The maximum Gasteiger partial charge on any atom is 0.236 e. The summed E-state index contributed by atoms with van der Waals surface area (Å²) in [4.78, 5) is 0. The van der Waals surface area contributed by atoms with Crippen molar-refractivity contribution in [2.45, 2.75) is 39.8 Å². The highest BCUT2D eigenvalue weighted by Gasteiger charge is 2.17. The molecule has 0 amide bonds. The molecule has 8 heteroatoms. The van der Waals surface area contributed by atoms with E-state index in [4.69, 9.17) is 10.00 Å². The van der Waals surface area contributed by atoms with Crippen molar-refractivity contribution in [1.29, 1.82) is 5.26 Å². The minimum Gasteiger partial charge on any atom is -0.378 e. The lowest BCUT2D eigenvalue weighted by molar-refractivity contribution is 0.0913. The number of aromatic nitrogens is 2. The van der Waals surface area contributed by atoms with E-state index in [1.54, 1.807) is 4.68 Å². The molecular weight excluding hydrogens is 280 g/mol. The maximum absolute atomic E-state index is 11.9. The molecule has 1 rings (SSSR count). The number of rotatable bonds is 7. The number of hydrogen-bond donors (Lipinski definition) is 1. The Hall–Kier alpha value is -1.59. The fourth-order valence-electron chi connectivity index (χ4n) is 1.41. The van der Waals surface area contributed by atoms with Gasteiger partial charge < -0.3 is 4.74 Å². The molecule has 0 spiro atoms. The monoisotopic (exact) mass is 300 g/mol. The molecule has 1 aromatic rings. The van der Waals surface area contributed by atoms with Crippen LogP contribution in [-0.4, -0.2) is 36.7 Å². The molecular formula is C12H20N4O3S. The number of hydrogen-bond acceptors (Lipinski definition) is 5. The van der Waals surface area contributed by atoms with Gasteiger partial charge in [0.1, 0.15) is 11.6 Å². The second kappa shape index (κ2) is 6.72. The molecule has 20 heavy (non-hydrogen) atoms. The first-order valence-corrected chi connectivity index (χ1v) is 8.01. The van der Waals surface area contributed by atoms with E-state index in [9.17, 15) is 8.42 Å². The summed E-state index contributed by atoms with van der Waals surface area (Å²) >= 11 is 0. The minimum atomic E-state index is -3.58. The zero-order chi connectivity index (χ0) is 15.3. The van der Waals surface area contributed by atoms with Crippen molar-refractivity contribution in [2.75, 3.05) is 17.1 Å². The number of ether oxygens (including phenoxy) is 1. The Balaban J connectivity index is 2.79. The van der Waals surface area contributed by atoms with E-state index in [-0.39, 0.29) is 35.9 Å². The zero-order valence-electron chi connectivity index (χ0n) is 12.1. The van der Waals surface area contributed by atoms with Gasteiger partial charge in [-0.05, 0) is 27.7 Å². The third-order valence-electron chi connectivity index (χ3n) is 2.44. The number of nitrogens with zero attached hydrogens (tertiary/aromatic N) is 3. The van der Waals surface area contributed by atoms with Gasteiger partial charge >= 0.3 is 0 Å². The quantitative estimate of drug-likeness (QED) is 0.823. The predicted molar refractivity (Wildman–Crippen MR) is 75.8 cm³/mol. The van der Waals surface area contributed by atoms with Crippen LogP contribution in [0.4, 0.5) is 5.82 Å². The highest BCUT2D eigenvalue weighted by Crippen LogP contribution is 2.16. The van der Waals surface area contributed by atoms with Gasteiger partial charge in [-0.3, -0.25) is 9.40 Å². The summed E-state index contributed by atoms with van der Waals surface area (Å²) in [6.07, 6.45) is 1.49. The van der Waals surface area contributed by atoms with Gasteiger partial charge in [0.2, 0.25) is 10.0 Å². The van der Waals surface area contributed by atoms with Crippen LogP contribution in [0.25, 0.3) is 0 Å². The molecule has 1 N–H and O–H groups in total. The van der Waals surface area contributed by atoms with Crippen LogP contribution in [0.2, 0.25) is 0 Å². The third-order valence-corrected chi connectivity index (χ3v) is 3.65. The summed E-state index contributed by atoms with van der Waals surface area (Å²) in [5.74, 6) is -0.115. The summed E-state index contributed by atoms with van der Waals surface area (Å²) < 4.78 is 32.8. The molecule has 1 aromatic heterocycles. The highest BCUT2D eigenvalue weighted by molar-refractivity contribution is 7.92. The second-order valence-corrected chi connectivity index (χ2v) is 6.76. The minimum absolute atomic E-state index is 0.0278. The van der Waals surface area contributed by atoms with Crippen molar-refractivity contribution in [1.82, 2.24) is 9.78 Å². The van der Waals surface area contributed by atoms with Crippen molar-refractivity contribution < 1.29 is 13.2 Å². The molecule has 0 bridgehead atoms. The van der Waals surface area contributed by atoms with Gasteiger partial charge in [-0.15, -0.1) is 0 Å². The van der Waals surface area contributed by atoms with Crippen LogP contribution in [0.1, 0.15) is 39.3 Å². The summed E-state index contributed by atoms with van der Waals surface area (Å²) in [5, 5.41) is 13.1. The van der Waals surface area contributed by atoms with E-state index in [1.807, 2.05) is 33.8 Å². The van der Waals surface area contributed by atoms with Crippen LogP contribution < -0.4 is 4.72 Å². The average Bonchev–Trinajstić information content (AvgIpc) is 2.70. The van der Waals surface area contributed by atoms with Crippen LogP contribution in [0.5, 0.6) is 0 Å². The van der Waals surface area contributed by atoms with Crippen LogP contribution in [-0.2, 0) is 14.8 Å². The molecule has 0 atom stereocenters. The second-order valence-electron chi connectivity index (χ2n) is 4.92. The summed E-state index contributed by atoms with van der Waals surface area (Å²) in [5.41, 5.74) is 0.201. The van der Waals surface area contributed by atoms with E-state index < -0.39 is 10.0 Å². The molecule has 0 unspecified atom stereocenters. The summed E-state index contributed by atoms with van der Waals surface area (Å²) in [6, 6.07) is 1.97. The van der Waals surface area contributed by atoms with E-state index in [0.29, 0.717) is 0 Å². The molecule has 0 aliphatic heterocycles. The third kappa shape index (κ3) is 4.83. The Morgan fingerprint density at radius 3 is 2.60 bits per heavy atom. The van der Waals surface area contributed by atoms with Crippen LogP contribution in [0, 0.1) is 11.3 Å². The van der Waals surface area contributed by atoms with Crippen molar-refractivity contribution >= 4 is 15.8 Å². The van der Waals surface area contributed by atoms with E-state index in [1.165, 1.54) is 6.20 Å². The lowest BCUT2D eigenvalue weighted by Gasteiger charge is -2.09. The van der Waals surface area contributed by atoms with E-state index in [2.05, 4.69) is 9.82 Å². The highest BCUT2D eigenvalue weighted by atomic mass is 32.2. The molecule has 1 heterocycles. The number of nitriles is 1. The lowest BCUT2D eigenvalue weighted by Crippen LogP contribution is -2.22. The van der Waals surface area contributed by atoms with Gasteiger partial charge in [-0.1, -0.05) is 0 Å². The van der Waals surface area contributed by atoms with Gasteiger partial charge in [-0.25, -0.2) is 8.42 Å². The standard InChI is InChI=1S/C12H20N4O3S/c1-9(2)16-8-11(7-13)12(14-16)15-20(17,18)6-5-19-10(3)4/h8-10H,5-6H2,1-4H3,(H,14,15). The van der Waals surface area contributed by atoms with Crippen molar-refractivity contribution in [3.8, 4) is 6.07 Å².